The molecule has 138 valence electrons. The molecule has 2 aromatic heterocycles. The summed E-state index contributed by atoms with van der Waals surface area (Å²) in [6, 6.07) is 8.06. The third kappa shape index (κ3) is 2.54. The highest BCUT2D eigenvalue weighted by molar-refractivity contribution is 5.99. The first-order valence-electron chi connectivity index (χ1n) is 9.77. The molecule has 0 unspecified atom stereocenters. The van der Waals surface area contributed by atoms with Crippen molar-refractivity contribution < 1.29 is 13.9 Å². The van der Waals surface area contributed by atoms with Crippen LogP contribution >= 0.6 is 0 Å². The number of carbonyl (C=O) groups is 1. The van der Waals surface area contributed by atoms with E-state index >= 15 is 0 Å². The molecular weight excluding hydrogens is 338 g/mol. The minimum atomic E-state index is -0.292. The third-order valence-corrected chi connectivity index (χ3v) is 6.05. The second-order valence-corrected chi connectivity index (χ2v) is 7.53. The largest absolute Gasteiger partial charge is 0.465 e. The van der Waals surface area contributed by atoms with Crippen LogP contribution in [-0.2, 0) is 11.3 Å². The van der Waals surface area contributed by atoms with Gasteiger partial charge in [0, 0.05) is 23.0 Å². The van der Waals surface area contributed by atoms with Crippen LogP contribution in [0.25, 0.3) is 28.2 Å². The molecule has 0 spiro atoms. The number of ether oxygens (including phenoxy) is 1. The van der Waals surface area contributed by atoms with Crippen molar-refractivity contribution in [2.45, 2.75) is 44.6 Å². The molecule has 1 aliphatic carbocycles. The van der Waals surface area contributed by atoms with E-state index in [2.05, 4.69) is 28.9 Å². The van der Waals surface area contributed by atoms with E-state index < -0.39 is 0 Å². The molecule has 1 aliphatic heterocycles. The number of rotatable bonds is 2. The predicted octanol–water partition coefficient (Wildman–Crippen LogP) is 5.76. The fraction of sp³-hybridized carbons (Fsp3) is 0.348. The number of allylic oxidation sites excluding steroid dienone is 1. The molecule has 1 aromatic carbocycles. The van der Waals surface area contributed by atoms with Crippen LogP contribution in [0.1, 0.15) is 59.7 Å². The zero-order valence-electron chi connectivity index (χ0n) is 15.5. The van der Waals surface area contributed by atoms with Crippen LogP contribution in [0.4, 0.5) is 0 Å². The number of aromatic nitrogens is 1. The van der Waals surface area contributed by atoms with E-state index in [0.717, 1.165) is 23.4 Å². The number of hydrogen-bond donors (Lipinski definition) is 0. The zero-order valence-corrected chi connectivity index (χ0v) is 15.5. The quantitative estimate of drug-likeness (QED) is 0.545. The van der Waals surface area contributed by atoms with Gasteiger partial charge in [-0.1, -0.05) is 31.4 Å². The Bertz CT molecular complexity index is 1050. The molecule has 4 heteroatoms. The maximum Gasteiger partial charge on any atom is 0.337 e. The molecule has 0 bridgehead atoms. The van der Waals surface area contributed by atoms with E-state index in [4.69, 9.17) is 9.15 Å². The molecule has 0 atom stereocenters. The summed E-state index contributed by atoms with van der Waals surface area (Å²) < 4.78 is 13.0. The van der Waals surface area contributed by atoms with Gasteiger partial charge in [0.25, 0.3) is 0 Å². The molecule has 0 amide bonds. The van der Waals surface area contributed by atoms with Crippen molar-refractivity contribution in [2.75, 3.05) is 7.11 Å². The monoisotopic (exact) mass is 361 g/mol. The summed E-state index contributed by atoms with van der Waals surface area (Å²) >= 11 is 0. The fourth-order valence-electron chi connectivity index (χ4n) is 4.82. The molecule has 3 aromatic rings. The summed E-state index contributed by atoms with van der Waals surface area (Å²) in [4.78, 5) is 12.1. The first-order valence-corrected chi connectivity index (χ1v) is 9.77. The number of methoxy groups -OCH3 is 1. The van der Waals surface area contributed by atoms with Crippen LogP contribution in [0, 0.1) is 0 Å². The van der Waals surface area contributed by atoms with Gasteiger partial charge in [-0.3, -0.25) is 0 Å². The average Bonchev–Trinajstić information content (AvgIpc) is 3.25. The lowest BCUT2D eigenvalue weighted by atomic mass is 9.82. The van der Waals surface area contributed by atoms with Crippen LogP contribution in [0.2, 0.25) is 0 Å². The highest BCUT2D eigenvalue weighted by Crippen LogP contribution is 2.46. The summed E-state index contributed by atoms with van der Waals surface area (Å²) in [5.41, 5.74) is 5.54. The number of fused-ring (bicyclic) bond motifs is 5. The Morgan fingerprint density at radius 1 is 1.19 bits per heavy atom. The Hall–Kier alpha value is -2.75. The van der Waals surface area contributed by atoms with E-state index in [-0.39, 0.29) is 5.97 Å². The smallest absolute Gasteiger partial charge is 0.337 e. The van der Waals surface area contributed by atoms with E-state index in [0.29, 0.717) is 11.5 Å². The first kappa shape index (κ1) is 16.4. The molecule has 0 saturated heterocycles. The minimum Gasteiger partial charge on any atom is -0.465 e. The summed E-state index contributed by atoms with van der Waals surface area (Å²) in [6.45, 7) is 0.771. The van der Waals surface area contributed by atoms with Crippen LogP contribution in [0.5, 0.6) is 0 Å². The normalized spacial score (nSPS) is 16.8. The molecule has 0 N–H and O–H groups in total. The molecule has 5 rings (SSSR count). The first-order chi connectivity index (χ1) is 13.3. The van der Waals surface area contributed by atoms with Crippen LogP contribution in [0.15, 0.2) is 41.0 Å². The number of carbonyl (C=O) groups excluding carboxylic acids is 1. The number of hydrogen-bond acceptors (Lipinski definition) is 3. The Labute approximate surface area is 158 Å². The van der Waals surface area contributed by atoms with Gasteiger partial charge in [0.2, 0.25) is 0 Å². The van der Waals surface area contributed by atoms with Crippen LogP contribution in [0.3, 0.4) is 0 Å². The van der Waals surface area contributed by atoms with Gasteiger partial charge in [0.15, 0.2) is 0 Å². The van der Waals surface area contributed by atoms with Gasteiger partial charge in [-0.25, -0.2) is 4.79 Å². The number of nitrogens with zero attached hydrogens (tertiary/aromatic N) is 1. The minimum absolute atomic E-state index is 0.292. The summed E-state index contributed by atoms with van der Waals surface area (Å²) in [5, 5.41) is 1.26. The highest BCUT2D eigenvalue weighted by atomic mass is 16.5. The van der Waals surface area contributed by atoms with Crippen molar-refractivity contribution in [3.05, 3.63) is 53.5 Å². The molecule has 1 fully saturated rings. The lowest BCUT2D eigenvalue weighted by molar-refractivity contribution is 0.0601. The number of furan rings is 1. The van der Waals surface area contributed by atoms with Crippen molar-refractivity contribution >= 4 is 22.9 Å². The lowest BCUT2D eigenvalue weighted by Crippen LogP contribution is -2.06. The van der Waals surface area contributed by atoms with E-state index in [1.165, 1.54) is 55.9 Å². The van der Waals surface area contributed by atoms with Gasteiger partial charge in [-0.2, -0.15) is 0 Å². The Kier molecular flexibility index (Phi) is 3.92. The maximum atomic E-state index is 12.1. The zero-order chi connectivity index (χ0) is 18.4. The Morgan fingerprint density at radius 2 is 2.04 bits per heavy atom. The summed E-state index contributed by atoms with van der Waals surface area (Å²) in [7, 11) is 1.43. The molecular formula is C23H23NO3. The van der Waals surface area contributed by atoms with Gasteiger partial charge in [0.1, 0.15) is 5.76 Å². The predicted molar refractivity (Wildman–Crippen MR) is 106 cm³/mol. The van der Waals surface area contributed by atoms with Gasteiger partial charge >= 0.3 is 5.97 Å². The highest BCUT2D eigenvalue weighted by Gasteiger charge is 2.29. The molecule has 2 aliphatic rings. The molecule has 3 heterocycles. The van der Waals surface area contributed by atoms with Gasteiger partial charge in [-0.15, -0.1) is 0 Å². The van der Waals surface area contributed by atoms with Gasteiger partial charge < -0.3 is 13.7 Å². The van der Waals surface area contributed by atoms with Crippen molar-refractivity contribution in [1.29, 1.82) is 0 Å². The lowest BCUT2D eigenvalue weighted by Gasteiger charge is -2.23. The molecule has 1 saturated carbocycles. The third-order valence-electron chi connectivity index (χ3n) is 6.05. The van der Waals surface area contributed by atoms with Crippen molar-refractivity contribution in [1.82, 2.24) is 4.57 Å². The summed E-state index contributed by atoms with van der Waals surface area (Å²) in [6.07, 6.45) is 12.3. The van der Waals surface area contributed by atoms with Crippen molar-refractivity contribution in [3.8, 4) is 11.3 Å². The average molecular weight is 361 g/mol. The van der Waals surface area contributed by atoms with Crippen LogP contribution in [-0.4, -0.2) is 17.6 Å². The second kappa shape index (κ2) is 6.45. The number of esters is 1. The van der Waals surface area contributed by atoms with Crippen molar-refractivity contribution in [3.63, 3.8) is 0 Å². The van der Waals surface area contributed by atoms with Gasteiger partial charge in [-0.05, 0) is 48.6 Å². The summed E-state index contributed by atoms with van der Waals surface area (Å²) in [5.74, 6) is 1.18. The molecule has 27 heavy (non-hydrogen) atoms. The second-order valence-electron chi connectivity index (χ2n) is 7.53. The Balaban J connectivity index is 1.81. The topological polar surface area (TPSA) is 44.4 Å². The van der Waals surface area contributed by atoms with Crippen molar-refractivity contribution in [2.24, 2.45) is 0 Å². The Morgan fingerprint density at radius 3 is 2.85 bits per heavy atom. The van der Waals surface area contributed by atoms with Crippen LogP contribution < -0.4 is 0 Å². The van der Waals surface area contributed by atoms with Gasteiger partial charge in [0.05, 0.1) is 24.6 Å². The maximum absolute atomic E-state index is 12.1. The molecule has 4 nitrogen and oxygen atoms in total. The fourth-order valence-corrected chi connectivity index (χ4v) is 4.82. The number of benzene rings is 1. The van der Waals surface area contributed by atoms with E-state index in [1.54, 1.807) is 6.26 Å². The standard InChI is InChI=1S/C23H23NO3/c1-26-23(25)16-9-10-17-19(14-16)24-12-5-8-20-18(11-13-27-20)22(24)21(17)15-6-3-2-4-7-15/h5,8-11,13-15H,2-4,6-7,12H2,1H3. The SMILES string of the molecule is COC(=O)c1ccc2c(C3CCCCC3)c3n(c2c1)CC=Cc1occc1-3. The van der Waals surface area contributed by atoms with E-state index in [9.17, 15) is 4.79 Å². The molecule has 0 radical (unpaired) electrons. The van der Waals surface area contributed by atoms with E-state index in [1.807, 2.05) is 12.1 Å².